The van der Waals surface area contributed by atoms with Crippen molar-refractivity contribution in [2.75, 3.05) is 28.3 Å². The van der Waals surface area contributed by atoms with E-state index in [0.717, 1.165) is 51.4 Å². The third kappa shape index (κ3) is 15.9. The zero-order valence-electron chi connectivity index (χ0n) is 26.3. The van der Waals surface area contributed by atoms with Crippen molar-refractivity contribution in [2.45, 2.75) is 77.0 Å². The fourth-order valence-electron chi connectivity index (χ4n) is 5.02. The number of halogens is 2. The molecule has 3 aliphatic rings. The highest BCUT2D eigenvalue weighted by molar-refractivity contribution is 6.33. The van der Waals surface area contributed by atoms with E-state index in [-0.39, 0.29) is 29.4 Å². The first-order valence-corrected chi connectivity index (χ1v) is 15.8. The Kier molecular flexibility index (Phi) is 21.2. The standard InChI is InChI=1S/C11H12ClNO.C8H15NO2.C6H10O2.C5H4ClN.C2H7NO/c12-10-7-13-6-5-9(10)11(14)8-3-1-2-4-8;1-9(11-2)8(10)7-5-3-4-6-7;7-6(8)5-3-1-2-4-5;6-5-2-1-3-7-4-5;1-3-4-2/h5-8H,1-4H2;7H,3-6H2,1-2H3;5H,1-4H2,(H,7,8);1-4H;3H,1-2H3. The zero-order chi connectivity index (χ0) is 32.7. The molecule has 0 atom stereocenters. The normalized spacial score (nSPS) is 16.1. The topological polar surface area (TPSA) is 131 Å². The van der Waals surface area contributed by atoms with Gasteiger partial charge in [0.15, 0.2) is 5.78 Å². The summed E-state index contributed by atoms with van der Waals surface area (Å²) < 4.78 is 0. The maximum Gasteiger partial charge on any atom is 0.306 e. The molecule has 0 aromatic carbocycles. The number of nitrogens with one attached hydrogen (secondary N) is 1. The van der Waals surface area contributed by atoms with Crippen LogP contribution >= 0.6 is 23.2 Å². The fraction of sp³-hybridized carbons (Fsp3) is 0.594. The summed E-state index contributed by atoms with van der Waals surface area (Å²) >= 11 is 11.4. The molecule has 1 amide bonds. The van der Waals surface area contributed by atoms with Crippen LogP contribution in [0.1, 0.15) is 87.4 Å². The number of aromatic nitrogens is 2. The summed E-state index contributed by atoms with van der Waals surface area (Å²) in [5.41, 5.74) is 3.06. The predicted octanol–water partition coefficient (Wildman–Crippen LogP) is 7.07. The highest BCUT2D eigenvalue weighted by atomic mass is 35.5. The molecule has 0 spiro atoms. The number of carbonyl (C=O) groups is 3. The van der Waals surface area contributed by atoms with Gasteiger partial charge in [0.25, 0.3) is 0 Å². The molecule has 0 saturated heterocycles. The van der Waals surface area contributed by atoms with Crippen molar-refractivity contribution >= 4 is 40.9 Å². The molecular weight excluding hydrogens is 607 g/mol. The zero-order valence-corrected chi connectivity index (χ0v) is 27.9. The third-order valence-electron chi connectivity index (χ3n) is 7.59. The quantitative estimate of drug-likeness (QED) is 0.248. The maximum absolute atomic E-state index is 12.0. The molecule has 3 aliphatic carbocycles. The van der Waals surface area contributed by atoms with E-state index in [2.05, 4.69) is 20.3 Å². The van der Waals surface area contributed by atoms with E-state index in [1.54, 1.807) is 58.0 Å². The summed E-state index contributed by atoms with van der Waals surface area (Å²) in [6, 6.07) is 5.29. The van der Waals surface area contributed by atoms with Crippen LogP contribution in [0.2, 0.25) is 10.0 Å². The van der Waals surface area contributed by atoms with Crippen molar-refractivity contribution in [1.82, 2.24) is 20.5 Å². The number of carboxylic acids is 1. The molecule has 5 rings (SSSR count). The first kappa shape index (κ1) is 39.4. The lowest BCUT2D eigenvalue weighted by Gasteiger charge is -2.17. The van der Waals surface area contributed by atoms with Gasteiger partial charge in [-0.1, -0.05) is 61.7 Å². The van der Waals surface area contributed by atoms with Gasteiger partial charge in [-0.3, -0.25) is 29.2 Å². The largest absolute Gasteiger partial charge is 0.481 e. The van der Waals surface area contributed by atoms with Crippen LogP contribution in [0.4, 0.5) is 0 Å². The monoisotopic (exact) mass is 654 g/mol. The molecule has 3 fully saturated rings. The van der Waals surface area contributed by atoms with Crippen LogP contribution in [-0.2, 0) is 19.3 Å². The number of aliphatic carboxylic acids is 1. The Hall–Kier alpha value is -2.63. The summed E-state index contributed by atoms with van der Waals surface area (Å²) in [7, 11) is 6.47. The van der Waals surface area contributed by atoms with Crippen LogP contribution in [0.15, 0.2) is 43.0 Å². The molecule has 246 valence electrons. The number of Topliss-reactive ketones (excluding diaryl/α,β-unsaturated/α-hetero) is 1. The van der Waals surface area contributed by atoms with Crippen molar-refractivity contribution in [3.8, 4) is 0 Å². The Morgan fingerprint density at radius 2 is 1.34 bits per heavy atom. The van der Waals surface area contributed by atoms with Crippen molar-refractivity contribution in [1.29, 1.82) is 0 Å². The minimum Gasteiger partial charge on any atom is -0.481 e. The molecule has 44 heavy (non-hydrogen) atoms. The predicted molar refractivity (Wildman–Crippen MR) is 172 cm³/mol. The van der Waals surface area contributed by atoms with Gasteiger partial charge in [0, 0.05) is 56.3 Å². The molecule has 0 bridgehead atoms. The Bertz CT molecular complexity index is 1080. The van der Waals surface area contributed by atoms with E-state index >= 15 is 0 Å². The number of rotatable bonds is 6. The lowest BCUT2D eigenvalue weighted by atomic mass is 9.97. The average molecular weight is 656 g/mol. The number of carboxylic acid groups (broad SMARTS) is 1. The van der Waals surface area contributed by atoms with Gasteiger partial charge >= 0.3 is 5.97 Å². The first-order chi connectivity index (χ1) is 21.2. The summed E-state index contributed by atoms with van der Waals surface area (Å²) in [5, 5.41) is 10.9. The van der Waals surface area contributed by atoms with Crippen molar-refractivity contribution < 1.29 is 29.2 Å². The maximum atomic E-state index is 12.0. The van der Waals surface area contributed by atoms with Gasteiger partial charge in [-0.15, -0.1) is 0 Å². The molecule has 2 aromatic rings. The fourth-order valence-corrected chi connectivity index (χ4v) is 5.36. The van der Waals surface area contributed by atoms with E-state index in [4.69, 9.17) is 33.1 Å². The number of hydrogen-bond donors (Lipinski definition) is 2. The Labute approximate surface area is 271 Å². The molecule has 0 unspecified atom stereocenters. The highest BCUT2D eigenvalue weighted by Crippen LogP contribution is 2.30. The van der Waals surface area contributed by atoms with Gasteiger partial charge in [0.2, 0.25) is 5.91 Å². The molecular formula is C32H48Cl2N4O6. The number of pyridine rings is 2. The van der Waals surface area contributed by atoms with E-state index < -0.39 is 5.97 Å². The van der Waals surface area contributed by atoms with Crippen LogP contribution in [0.3, 0.4) is 0 Å². The van der Waals surface area contributed by atoms with Crippen LogP contribution in [0.5, 0.6) is 0 Å². The van der Waals surface area contributed by atoms with E-state index in [9.17, 15) is 14.4 Å². The van der Waals surface area contributed by atoms with E-state index in [1.165, 1.54) is 44.1 Å². The molecule has 2 aromatic heterocycles. The summed E-state index contributed by atoms with van der Waals surface area (Å²) in [6.45, 7) is 0. The van der Waals surface area contributed by atoms with Gasteiger partial charge in [-0.05, 0) is 56.7 Å². The first-order valence-electron chi connectivity index (χ1n) is 15.1. The second kappa shape index (κ2) is 23.7. The molecule has 12 heteroatoms. The molecule has 2 heterocycles. The second-order valence-electron chi connectivity index (χ2n) is 10.6. The second-order valence-corrected chi connectivity index (χ2v) is 11.4. The minimum atomic E-state index is -0.609. The van der Waals surface area contributed by atoms with Gasteiger partial charge in [-0.25, -0.2) is 10.5 Å². The summed E-state index contributed by atoms with van der Waals surface area (Å²) in [5.74, 6) is 0.104. The molecule has 3 saturated carbocycles. The Morgan fingerprint density at radius 1 is 0.841 bits per heavy atom. The van der Waals surface area contributed by atoms with Crippen molar-refractivity contribution in [3.05, 3.63) is 58.6 Å². The van der Waals surface area contributed by atoms with E-state index in [0.29, 0.717) is 15.6 Å². The number of hydroxylamine groups is 3. The lowest BCUT2D eigenvalue weighted by Crippen LogP contribution is -2.30. The van der Waals surface area contributed by atoms with Crippen molar-refractivity contribution in [3.63, 3.8) is 0 Å². The smallest absolute Gasteiger partial charge is 0.306 e. The average Bonchev–Trinajstić information content (AvgIpc) is 3.86. The number of nitrogens with zero attached hydrogens (tertiary/aromatic N) is 3. The third-order valence-corrected chi connectivity index (χ3v) is 8.11. The SMILES string of the molecule is CNOC.CON(C)C(=O)C1CCCC1.Clc1cccnc1.O=C(O)C1CCCC1.O=C(c1ccncc1Cl)C1CCCC1. The van der Waals surface area contributed by atoms with Gasteiger partial charge < -0.3 is 9.94 Å². The van der Waals surface area contributed by atoms with Crippen LogP contribution in [0, 0.1) is 17.8 Å². The van der Waals surface area contributed by atoms with Crippen molar-refractivity contribution in [2.24, 2.45) is 17.8 Å². The number of amides is 1. The Morgan fingerprint density at radius 3 is 1.70 bits per heavy atom. The number of hydrogen-bond acceptors (Lipinski definition) is 8. The Balaban J connectivity index is 0.000000290. The summed E-state index contributed by atoms with van der Waals surface area (Å²) in [6.07, 6.45) is 19.2. The lowest BCUT2D eigenvalue weighted by molar-refractivity contribution is -0.173. The van der Waals surface area contributed by atoms with Gasteiger partial charge in [0.05, 0.1) is 30.2 Å². The van der Waals surface area contributed by atoms with Gasteiger partial charge in [-0.2, -0.15) is 0 Å². The van der Waals surface area contributed by atoms with Crippen LogP contribution < -0.4 is 5.48 Å². The number of carbonyl (C=O) groups excluding carboxylic acids is 2. The number of ketones is 1. The summed E-state index contributed by atoms with van der Waals surface area (Å²) in [4.78, 5) is 50.3. The van der Waals surface area contributed by atoms with Crippen LogP contribution in [0.25, 0.3) is 0 Å². The van der Waals surface area contributed by atoms with Gasteiger partial charge in [0.1, 0.15) is 0 Å². The highest BCUT2D eigenvalue weighted by Gasteiger charge is 2.26. The van der Waals surface area contributed by atoms with E-state index in [1.807, 2.05) is 0 Å². The molecule has 0 radical (unpaired) electrons. The van der Waals surface area contributed by atoms with Crippen LogP contribution in [-0.4, -0.2) is 66.1 Å². The molecule has 0 aliphatic heterocycles. The minimum absolute atomic E-state index is 0.0185. The molecule has 2 N–H and O–H groups in total. The molecule has 10 nitrogen and oxygen atoms in total.